The molecule has 0 radical (unpaired) electrons. The highest BCUT2D eigenvalue weighted by Crippen LogP contribution is 2.23. The molecule has 8 heteroatoms. The zero-order chi connectivity index (χ0) is 18.7. The summed E-state index contributed by atoms with van der Waals surface area (Å²) in [6.45, 7) is 1.30. The third-order valence-corrected chi connectivity index (χ3v) is 5.49. The highest BCUT2D eigenvalue weighted by Gasteiger charge is 2.32. The van der Waals surface area contributed by atoms with Crippen molar-refractivity contribution < 1.29 is 9.59 Å². The van der Waals surface area contributed by atoms with Gasteiger partial charge in [-0.1, -0.05) is 0 Å². The first kappa shape index (κ1) is 18.6. The Morgan fingerprint density at radius 2 is 2.08 bits per heavy atom. The first-order valence-corrected chi connectivity index (χ1v) is 9.66. The van der Waals surface area contributed by atoms with E-state index in [2.05, 4.69) is 10.3 Å². The Hall–Kier alpha value is -2.19. The number of thiophene rings is 1. The predicted octanol–water partition coefficient (Wildman–Crippen LogP) is 1.51. The van der Waals surface area contributed by atoms with Crippen molar-refractivity contribution in [3.05, 3.63) is 40.6 Å². The van der Waals surface area contributed by atoms with Gasteiger partial charge in [-0.2, -0.15) is 11.3 Å². The van der Waals surface area contributed by atoms with Gasteiger partial charge in [0.2, 0.25) is 5.91 Å². The lowest BCUT2D eigenvalue weighted by molar-refractivity contribution is -0.137. The fraction of sp³-hybridized carbons (Fsp3) is 0.500. The molecule has 2 amide bonds. The van der Waals surface area contributed by atoms with Crippen LogP contribution in [0.3, 0.4) is 0 Å². The van der Waals surface area contributed by atoms with Crippen LogP contribution >= 0.6 is 11.3 Å². The van der Waals surface area contributed by atoms with Crippen molar-refractivity contribution >= 4 is 23.2 Å². The first-order chi connectivity index (χ1) is 12.5. The highest BCUT2D eigenvalue weighted by molar-refractivity contribution is 7.08. The molecule has 0 aliphatic carbocycles. The van der Waals surface area contributed by atoms with Crippen LogP contribution in [0.2, 0.25) is 0 Å². The van der Waals surface area contributed by atoms with E-state index in [-0.39, 0.29) is 23.9 Å². The standard InChI is InChI=1S/C18H25N5O2S/c1-21(2)16(15-10-19-12-22(15)3)18(25)23-7-4-14(5-8-23)20-17(24)13-6-9-26-11-13/h6,9-12,14,16H,4-5,7-8H2,1-3H3,(H,20,24). The van der Waals surface area contributed by atoms with Gasteiger partial charge >= 0.3 is 0 Å². The largest absolute Gasteiger partial charge is 0.349 e. The van der Waals surface area contributed by atoms with Crippen molar-refractivity contribution in [3.63, 3.8) is 0 Å². The number of amides is 2. The van der Waals surface area contributed by atoms with E-state index in [1.54, 1.807) is 12.5 Å². The third kappa shape index (κ3) is 3.96. The van der Waals surface area contributed by atoms with Crippen molar-refractivity contribution in [2.45, 2.75) is 24.9 Å². The van der Waals surface area contributed by atoms with E-state index in [1.807, 2.05) is 52.3 Å². The zero-order valence-corrected chi connectivity index (χ0v) is 16.2. The average molecular weight is 375 g/mol. The summed E-state index contributed by atoms with van der Waals surface area (Å²) in [4.78, 5) is 33.2. The number of hydrogen-bond donors (Lipinski definition) is 1. The molecule has 1 saturated heterocycles. The molecule has 3 heterocycles. The lowest BCUT2D eigenvalue weighted by Gasteiger charge is -2.36. The summed E-state index contributed by atoms with van der Waals surface area (Å²) in [5.41, 5.74) is 1.59. The molecule has 0 aromatic carbocycles. The van der Waals surface area contributed by atoms with Crippen molar-refractivity contribution in [2.75, 3.05) is 27.2 Å². The molecule has 2 aromatic heterocycles. The number of nitrogens with one attached hydrogen (secondary N) is 1. The second kappa shape index (κ2) is 8.01. The van der Waals surface area contributed by atoms with Gasteiger partial charge in [0.25, 0.3) is 5.91 Å². The maximum atomic E-state index is 13.1. The molecule has 140 valence electrons. The van der Waals surface area contributed by atoms with Gasteiger partial charge in [-0.25, -0.2) is 4.98 Å². The Labute approximate surface area is 157 Å². The molecule has 1 unspecified atom stereocenters. The normalized spacial score (nSPS) is 16.7. The number of carbonyl (C=O) groups excluding carboxylic acids is 2. The molecule has 7 nitrogen and oxygen atoms in total. The van der Waals surface area contributed by atoms with Gasteiger partial charge in [0, 0.05) is 37.1 Å². The number of nitrogens with zero attached hydrogens (tertiary/aromatic N) is 4. The molecule has 1 aliphatic heterocycles. The number of aryl methyl sites for hydroxylation is 1. The van der Waals surface area contributed by atoms with Gasteiger partial charge in [-0.05, 0) is 38.4 Å². The summed E-state index contributed by atoms with van der Waals surface area (Å²) in [5, 5.41) is 6.82. The highest BCUT2D eigenvalue weighted by atomic mass is 32.1. The summed E-state index contributed by atoms with van der Waals surface area (Å²) in [7, 11) is 5.71. The molecule has 0 saturated carbocycles. The SMILES string of the molecule is CN(C)C(C(=O)N1CCC(NC(=O)c2ccsc2)CC1)c1cncn1C. The summed E-state index contributed by atoms with van der Waals surface area (Å²) >= 11 is 1.51. The number of aromatic nitrogens is 2. The van der Waals surface area contributed by atoms with E-state index >= 15 is 0 Å². The molecule has 2 aromatic rings. The van der Waals surface area contributed by atoms with Crippen molar-refractivity contribution in [1.82, 2.24) is 24.7 Å². The van der Waals surface area contributed by atoms with E-state index in [0.29, 0.717) is 18.7 Å². The molecule has 1 atom stereocenters. The van der Waals surface area contributed by atoms with Gasteiger partial charge < -0.3 is 14.8 Å². The van der Waals surface area contributed by atoms with Crippen LogP contribution in [0.4, 0.5) is 0 Å². The summed E-state index contributed by atoms with van der Waals surface area (Å²) in [6.07, 6.45) is 5.00. The summed E-state index contributed by atoms with van der Waals surface area (Å²) < 4.78 is 1.89. The Morgan fingerprint density at radius 1 is 1.35 bits per heavy atom. The second-order valence-electron chi connectivity index (χ2n) is 6.88. The maximum absolute atomic E-state index is 13.1. The quantitative estimate of drug-likeness (QED) is 0.860. The van der Waals surface area contributed by atoms with Crippen LogP contribution < -0.4 is 5.32 Å². The van der Waals surface area contributed by atoms with E-state index < -0.39 is 0 Å². The minimum absolute atomic E-state index is 0.0305. The van der Waals surface area contributed by atoms with Crippen molar-refractivity contribution in [3.8, 4) is 0 Å². The number of imidazole rings is 1. The minimum Gasteiger partial charge on any atom is -0.349 e. The fourth-order valence-electron chi connectivity index (χ4n) is 3.32. The van der Waals surface area contributed by atoms with Crippen LogP contribution in [0.5, 0.6) is 0 Å². The van der Waals surface area contributed by atoms with Crippen LogP contribution in [0.25, 0.3) is 0 Å². The van der Waals surface area contributed by atoms with Gasteiger partial charge in [0.15, 0.2) is 0 Å². The van der Waals surface area contributed by atoms with Crippen LogP contribution in [0.1, 0.15) is 34.9 Å². The van der Waals surface area contributed by atoms with Crippen LogP contribution in [0.15, 0.2) is 29.4 Å². The zero-order valence-electron chi connectivity index (χ0n) is 15.4. The predicted molar refractivity (Wildman–Crippen MR) is 101 cm³/mol. The molecular weight excluding hydrogens is 350 g/mol. The third-order valence-electron chi connectivity index (χ3n) is 4.81. The van der Waals surface area contributed by atoms with Crippen molar-refractivity contribution in [1.29, 1.82) is 0 Å². The van der Waals surface area contributed by atoms with Gasteiger partial charge in [0.05, 0.1) is 18.2 Å². The molecule has 0 spiro atoms. The number of piperidine rings is 1. The Balaban J connectivity index is 1.59. The molecule has 1 fully saturated rings. The Morgan fingerprint density at radius 3 is 2.62 bits per heavy atom. The number of rotatable bonds is 5. The topological polar surface area (TPSA) is 70.5 Å². The van der Waals surface area contributed by atoms with Gasteiger partial charge in [0.1, 0.15) is 6.04 Å². The summed E-state index contributed by atoms with van der Waals surface area (Å²) in [5.74, 6) is 0.0540. The first-order valence-electron chi connectivity index (χ1n) is 8.72. The summed E-state index contributed by atoms with van der Waals surface area (Å²) in [6, 6.07) is 1.59. The van der Waals surface area contributed by atoms with Gasteiger partial charge in [-0.3, -0.25) is 14.5 Å². The Kier molecular flexibility index (Phi) is 5.73. The number of likely N-dealkylation sites (N-methyl/N-ethyl adjacent to an activating group) is 1. The van der Waals surface area contributed by atoms with Crippen LogP contribution in [0, 0.1) is 0 Å². The van der Waals surface area contributed by atoms with Crippen molar-refractivity contribution in [2.24, 2.45) is 7.05 Å². The van der Waals surface area contributed by atoms with E-state index in [4.69, 9.17) is 0 Å². The minimum atomic E-state index is -0.348. The molecule has 26 heavy (non-hydrogen) atoms. The van der Waals surface area contributed by atoms with E-state index in [9.17, 15) is 9.59 Å². The van der Waals surface area contributed by atoms with Crippen LogP contribution in [-0.4, -0.2) is 64.4 Å². The molecular formula is C18H25N5O2S. The molecule has 1 N–H and O–H groups in total. The Bertz CT molecular complexity index is 747. The fourth-order valence-corrected chi connectivity index (χ4v) is 3.96. The van der Waals surface area contributed by atoms with E-state index in [1.165, 1.54) is 11.3 Å². The lowest BCUT2D eigenvalue weighted by atomic mass is 10.0. The monoisotopic (exact) mass is 375 g/mol. The van der Waals surface area contributed by atoms with Gasteiger partial charge in [-0.15, -0.1) is 0 Å². The molecule has 3 rings (SSSR count). The van der Waals surface area contributed by atoms with Crippen LogP contribution in [-0.2, 0) is 11.8 Å². The number of hydrogen-bond acceptors (Lipinski definition) is 5. The lowest BCUT2D eigenvalue weighted by Crippen LogP contribution is -2.49. The van der Waals surface area contributed by atoms with E-state index in [0.717, 1.165) is 18.5 Å². The number of likely N-dealkylation sites (tertiary alicyclic amines) is 1. The number of carbonyl (C=O) groups is 2. The molecule has 0 bridgehead atoms. The molecule has 1 aliphatic rings. The average Bonchev–Trinajstić information content (AvgIpc) is 3.28. The second-order valence-corrected chi connectivity index (χ2v) is 7.66. The smallest absolute Gasteiger partial charge is 0.252 e. The maximum Gasteiger partial charge on any atom is 0.252 e.